The Morgan fingerprint density at radius 1 is 1.28 bits per heavy atom. The molecule has 0 aliphatic heterocycles. The number of nitrogens with zero attached hydrogens (tertiary/aromatic N) is 1. The molecule has 5 heteroatoms. The van der Waals surface area contributed by atoms with Gasteiger partial charge in [0, 0.05) is 11.1 Å². The zero-order valence-electron chi connectivity index (χ0n) is 9.88. The Hall–Kier alpha value is -1.27. The summed E-state index contributed by atoms with van der Waals surface area (Å²) in [6.07, 6.45) is 1.90. The second kappa shape index (κ2) is 4.78. The van der Waals surface area contributed by atoms with Crippen LogP contribution >= 0.6 is 22.7 Å². The molecule has 0 fully saturated rings. The lowest BCUT2D eigenvalue weighted by atomic mass is 10.0. The number of thiophene rings is 2. The lowest BCUT2D eigenvalue weighted by molar-refractivity contribution is 0.635. The molecule has 0 amide bonds. The van der Waals surface area contributed by atoms with E-state index in [4.69, 9.17) is 5.84 Å². The SMILES string of the molecule is Cc1sccc1C(NN)c1cnc2ccsc2c1. The number of aryl methyl sites for hydroxylation is 1. The van der Waals surface area contributed by atoms with E-state index in [-0.39, 0.29) is 6.04 Å². The van der Waals surface area contributed by atoms with E-state index in [1.807, 2.05) is 12.3 Å². The van der Waals surface area contributed by atoms with Gasteiger partial charge < -0.3 is 0 Å². The van der Waals surface area contributed by atoms with Crippen LogP contribution in [-0.4, -0.2) is 4.98 Å². The van der Waals surface area contributed by atoms with E-state index in [0.29, 0.717) is 0 Å². The first-order valence-electron chi connectivity index (χ1n) is 5.63. The quantitative estimate of drug-likeness (QED) is 0.570. The monoisotopic (exact) mass is 275 g/mol. The molecule has 0 bridgehead atoms. The minimum absolute atomic E-state index is 0.00949. The highest BCUT2D eigenvalue weighted by Gasteiger charge is 2.16. The van der Waals surface area contributed by atoms with Crippen LogP contribution in [0.25, 0.3) is 10.2 Å². The van der Waals surface area contributed by atoms with E-state index in [1.165, 1.54) is 15.1 Å². The fourth-order valence-electron chi connectivity index (χ4n) is 2.08. The Balaban J connectivity index is 2.08. The Kier molecular flexibility index (Phi) is 3.13. The molecule has 18 heavy (non-hydrogen) atoms. The van der Waals surface area contributed by atoms with Gasteiger partial charge in [-0.3, -0.25) is 10.8 Å². The molecular weight excluding hydrogens is 262 g/mol. The molecule has 0 aromatic carbocycles. The maximum Gasteiger partial charge on any atom is 0.0809 e. The Bertz CT molecular complexity index is 671. The van der Waals surface area contributed by atoms with E-state index in [1.54, 1.807) is 22.7 Å². The predicted octanol–water partition coefficient (Wildman–Crippen LogP) is 3.22. The number of hydrazine groups is 1. The normalized spacial score (nSPS) is 13.0. The number of pyridine rings is 1. The Labute approximate surface area is 113 Å². The minimum Gasteiger partial charge on any atom is -0.271 e. The molecule has 3 rings (SSSR count). The molecule has 1 unspecified atom stereocenters. The number of nitrogens with one attached hydrogen (secondary N) is 1. The molecule has 92 valence electrons. The molecule has 0 aliphatic carbocycles. The number of nitrogens with two attached hydrogens (primary N) is 1. The number of hydrogen-bond donors (Lipinski definition) is 2. The summed E-state index contributed by atoms with van der Waals surface area (Å²) in [5.74, 6) is 5.71. The van der Waals surface area contributed by atoms with Crippen molar-refractivity contribution in [2.24, 2.45) is 5.84 Å². The molecule has 0 saturated heterocycles. The molecule has 0 aliphatic rings. The molecule has 3 nitrogen and oxygen atoms in total. The van der Waals surface area contributed by atoms with E-state index >= 15 is 0 Å². The van der Waals surface area contributed by atoms with Gasteiger partial charge in [0.2, 0.25) is 0 Å². The zero-order valence-corrected chi connectivity index (χ0v) is 11.5. The molecular formula is C13H13N3S2. The van der Waals surface area contributed by atoms with Crippen LogP contribution in [0.5, 0.6) is 0 Å². The van der Waals surface area contributed by atoms with Gasteiger partial charge in [0.05, 0.1) is 16.3 Å². The van der Waals surface area contributed by atoms with Gasteiger partial charge in [-0.25, -0.2) is 5.43 Å². The van der Waals surface area contributed by atoms with Crippen LogP contribution in [-0.2, 0) is 0 Å². The van der Waals surface area contributed by atoms with Crippen molar-refractivity contribution in [3.05, 3.63) is 51.2 Å². The fourth-order valence-corrected chi connectivity index (χ4v) is 3.61. The molecule has 0 saturated carbocycles. The van der Waals surface area contributed by atoms with E-state index < -0.39 is 0 Å². The summed E-state index contributed by atoms with van der Waals surface area (Å²) in [7, 11) is 0. The Morgan fingerprint density at radius 2 is 2.11 bits per heavy atom. The summed E-state index contributed by atoms with van der Waals surface area (Å²) in [4.78, 5) is 5.75. The summed E-state index contributed by atoms with van der Waals surface area (Å²) in [5, 5.41) is 4.15. The van der Waals surface area contributed by atoms with Crippen molar-refractivity contribution in [2.45, 2.75) is 13.0 Å². The van der Waals surface area contributed by atoms with Crippen molar-refractivity contribution in [3.8, 4) is 0 Å². The van der Waals surface area contributed by atoms with Crippen molar-refractivity contribution < 1.29 is 0 Å². The zero-order chi connectivity index (χ0) is 12.5. The highest BCUT2D eigenvalue weighted by atomic mass is 32.1. The average Bonchev–Trinajstić information content (AvgIpc) is 2.99. The third-order valence-electron chi connectivity index (χ3n) is 3.03. The van der Waals surface area contributed by atoms with Gasteiger partial charge in [0.25, 0.3) is 0 Å². The molecule has 3 N–H and O–H groups in total. The third kappa shape index (κ3) is 1.95. The van der Waals surface area contributed by atoms with Crippen molar-refractivity contribution in [1.29, 1.82) is 0 Å². The maximum atomic E-state index is 5.71. The first-order chi connectivity index (χ1) is 8.79. The van der Waals surface area contributed by atoms with E-state index in [9.17, 15) is 0 Å². The molecule has 3 aromatic heterocycles. The molecule has 0 spiro atoms. The van der Waals surface area contributed by atoms with Crippen molar-refractivity contribution >= 4 is 32.9 Å². The number of aromatic nitrogens is 1. The van der Waals surface area contributed by atoms with Crippen LogP contribution in [0.15, 0.2) is 35.2 Å². The van der Waals surface area contributed by atoms with Crippen LogP contribution in [0, 0.1) is 6.92 Å². The van der Waals surface area contributed by atoms with Crippen LogP contribution in [0.3, 0.4) is 0 Å². The molecule has 3 aromatic rings. The second-order valence-corrected chi connectivity index (χ2v) is 6.17. The van der Waals surface area contributed by atoms with Gasteiger partial charge in [-0.1, -0.05) is 0 Å². The first kappa shape index (κ1) is 11.8. The fraction of sp³-hybridized carbons (Fsp3) is 0.154. The number of fused-ring (bicyclic) bond motifs is 1. The van der Waals surface area contributed by atoms with Crippen LogP contribution in [0.1, 0.15) is 22.0 Å². The average molecular weight is 275 g/mol. The number of hydrogen-bond acceptors (Lipinski definition) is 5. The van der Waals surface area contributed by atoms with Crippen LogP contribution in [0.2, 0.25) is 0 Å². The molecule has 1 atom stereocenters. The van der Waals surface area contributed by atoms with Gasteiger partial charge in [-0.05, 0) is 47.0 Å². The maximum absolute atomic E-state index is 5.71. The summed E-state index contributed by atoms with van der Waals surface area (Å²) in [5.41, 5.74) is 6.26. The summed E-state index contributed by atoms with van der Waals surface area (Å²) >= 11 is 3.44. The topological polar surface area (TPSA) is 50.9 Å². The highest BCUT2D eigenvalue weighted by Crippen LogP contribution is 2.29. The first-order valence-corrected chi connectivity index (χ1v) is 7.39. The third-order valence-corrected chi connectivity index (χ3v) is 4.75. The predicted molar refractivity (Wildman–Crippen MR) is 77.8 cm³/mol. The van der Waals surface area contributed by atoms with Gasteiger partial charge in [-0.2, -0.15) is 0 Å². The summed E-state index contributed by atoms with van der Waals surface area (Å²) in [6, 6.07) is 6.32. The van der Waals surface area contributed by atoms with Gasteiger partial charge in [-0.15, -0.1) is 22.7 Å². The van der Waals surface area contributed by atoms with Crippen LogP contribution < -0.4 is 11.3 Å². The van der Waals surface area contributed by atoms with Gasteiger partial charge >= 0.3 is 0 Å². The van der Waals surface area contributed by atoms with Crippen LogP contribution in [0.4, 0.5) is 0 Å². The van der Waals surface area contributed by atoms with Crippen molar-refractivity contribution in [1.82, 2.24) is 10.4 Å². The smallest absolute Gasteiger partial charge is 0.0809 e. The second-order valence-electron chi connectivity index (χ2n) is 4.10. The largest absolute Gasteiger partial charge is 0.271 e. The van der Waals surface area contributed by atoms with E-state index in [2.05, 4.69) is 40.2 Å². The van der Waals surface area contributed by atoms with Gasteiger partial charge in [0.1, 0.15) is 0 Å². The molecule has 3 heterocycles. The Morgan fingerprint density at radius 3 is 2.83 bits per heavy atom. The lowest BCUT2D eigenvalue weighted by Crippen LogP contribution is -2.29. The van der Waals surface area contributed by atoms with E-state index in [0.717, 1.165) is 11.1 Å². The summed E-state index contributed by atoms with van der Waals surface area (Å²) in [6.45, 7) is 2.11. The van der Waals surface area contributed by atoms with Gasteiger partial charge in [0.15, 0.2) is 0 Å². The summed E-state index contributed by atoms with van der Waals surface area (Å²) < 4.78 is 1.20. The molecule has 0 radical (unpaired) electrons. The van der Waals surface area contributed by atoms with Crippen molar-refractivity contribution in [3.63, 3.8) is 0 Å². The standard InChI is InChI=1S/C13H13N3S2/c1-8-10(2-4-17-8)13(16-14)9-6-12-11(15-7-9)3-5-18-12/h2-7,13,16H,14H2,1H3. The number of rotatable bonds is 3. The lowest BCUT2D eigenvalue weighted by Gasteiger charge is -2.16. The highest BCUT2D eigenvalue weighted by molar-refractivity contribution is 7.17. The minimum atomic E-state index is 0.00949. The van der Waals surface area contributed by atoms with Crippen molar-refractivity contribution in [2.75, 3.05) is 0 Å².